The summed E-state index contributed by atoms with van der Waals surface area (Å²) in [7, 11) is -2.56. The predicted molar refractivity (Wildman–Crippen MR) is 84.1 cm³/mol. The molecule has 0 rings (SSSR count). The average molecular weight is 325 g/mol. The quantitative estimate of drug-likeness (QED) is 0.328. The Kier molecular flexibility index (Phi) is 11.5. The van der Waals surface area contributed by atoms with Gasteiger partial charge >= 0.3 is 14.1 Å². The van der Waals surface area contributed by atoms with Gasteiger partial charge in [-0.15, -0.1) is 0 Å². The van der Waals surface area contributed by atoms with Crippen LogP contribution in [-0.2, 0) is 18.0 Å². The van der Waals surface area contributed by atoms with Crippen LogP contribution in [0.2, 0.25) is 6.04 Å². The zero-order chi connectivity index (χ0) is 15.4. The van der Waals surface area contributed by atoms with Crippen molar-refractivity contribution in [3.05, 3.63) is 0 Å². The molecule has 0 radical (unpaired) electrons. The van der Waals surface area contributed by atoms with Gasteiger partial charge in [-0.05, 0) is 52.8 Å². The molecule has 0 N–H and O–H groups in total. The van der Waals surface area contributed by atoms with E-state index in [0.717, 1.165) is 12.5 Å². The summed E-state index contributed by atoms with van der Waals surface area (Å²) in [4.78, 5) is 11.4. The van der Waals surface area contributed by atoms with E-state index in [4.69, 9.17) is 18.0 Å². The second-order valence-corrected chi connectivity index (χ2v) is 8.11. The average Bonchev–Trinajstić information content (AvgIpc) is 2.35. The van der Waals surface area contributed by atoms with Gasteiger partial charge in [0.05, 0.1) is 6.10 Å². The number of ether oxygens (including phenoxy) is 1. The molecule has 0 fully saturated rings. The van der Waals surface area contributed by atoms with Crippen LogP contribution in [0.25, 0.3) is 0 Å². The number of carbonyl (C=O) groups is 1. The van der Waals surface area contributed by atoms with E-state index in [-0.39, 0.29) is 11.4 Å². The fourth-order valence-electron chi connectivity index (χ4n) is 1.67. The first-order valence-corrected chi connectivity index (χ1v) is 10.2. The van der Waals surface area contributed by atoms with Crippen LogP contribution < -0.4 is 0 Å². The number of carbonyl (C=O) groups excluding carboxylic acids is 1. The zero-order valence-corrected chi connectivity index (χ0v) is 15.1. The van der Waals surface area contributed by atoms with Crippen molar-refractivity contribution in [2.75, 3.05) is 25.6 Å². The van der Waals surface area contributed by atoms with E-state index in [1.807, 2.05) is 34.6 Å². The van der Waals surface area contributed by atoms with Crippen molar-refractivity contribution in [1.82, 2.24) is 0 Å². The summed E-state index contributed by atoms with van der Waals surface area (Å²) in [6, 6.07) is 0.727. The van der Waals surface area contributed by atoms with E-state index in [0.29, 0.717) is 25.6 Å². The third-order valence-corrected chi connectivity index (χ3v) is 6.25. The first-order valence-electron chi connectivity index (χ1n) is 7.24. The molecule has 0 aliphatic carbocycles. The molecule has 7 heteroatoms. The van der Waals surface area contributed by atoms with E-state index in [1.165, 1.54) is 11.8 Å². The fraction of sp³-hybridized carbons (Fsp3) is 0.923. The summed E-state index contributed by atoms with van der Waals surface area (Å²) in [6.45, 7) is 11.2. The maximum atomic E-state index is 11.4. The molecule has 0 saturated heterocycles. The molecule has 5 nitrogen and oxygen atoms in total. The Morgan fingerprint density at radius 3 is 1.95 bits per heavy atom. The van der Waals surface area contributed by atoms with Crippen LogP contribution in [0.1, 0.15) is 41.0 Å². The molecule has 0 saturated carbocycles. The minimum absolute atomic E-state index is 0.0706. The van der Waals surface area contributed by atoms with Gasteiger partial charge in [-0.2, -0.15) is 0 Å². The highest BCUT2D eigenvalue weighted by Gasteiger charge is 2.39. The first-order chi connectivity index (χ1) is 9.49. The number of hydrogen-bond acceptors (Lipinski definition) is 6. The lowest BCUT2D eigenvalue weighted by Gasteiger charge is -2.28. The highest BCUT2D eigenvalue weighted by molar-refractivity contribution is 8.13. The molecule has 0 aromatic rings. The molecule has 0 unspecified atom stereocenters. The normalized spacial score (nSPS) is 11.9. The minimum atomic E-state index is -2.56. The lowest BCUT2D eigenvalue weighted by atomic mass is 10.5. The van der Waals surface area contributed by atoms with Crippen molar-refractivity contribution in [1.29, 1.82) is 0 Å². The molecule has 0 heterocycles. The van der Waals surface area contributed by atoms with Gasteiger partial charge in [0.2, 0.25) is 0 Å². The third-order valence-electron chi connectivity index (χ3n) is 2.27. The van der Waals surface area contributed by atoms with Crippen molar-refractivity contribution in [3.8, 4) is 0 Å². The summed E-state index contributed by atoms with van der Waals surface area (Å²) in [5.74, 6) is 0.688. The SMILES string of the molecule is CCO[Si](CCCSC(=O)OC(C)C)(OCC)OCC. The van der Waals surface area contributed by atoms with E-state index in [1.54, 1.807) is 0 Å². The summed E-state index contributed by atoms with van der Waals surface area (Å²) < 4.78 is 22.3. The summed E-state index contributed by atoms with van der Waals surface area (Å²) >= 11 is 1.19. The van der Waals surface area contributed by atoms with Gasteiger partial charge in [-0.1, -0.05) is 0 Å². The van der Waals surface area contributed by atoms with Gasteiger partial charge in [0.25, 0.3) is 0 Å². The standard InChI is InChI=1S/C13H28O5SSi/c1-6-15-20(16-7-2,17-8-3)11-9-10-19-13(14)18-12(4)5/h12H,6-11H2,1-5H3. The Morgan fingerprint density at radius 2 is 1.55 bits per heavy atom. The van der Waals surface area contributed by atoms with Crippen molar-refractivity contribution in [2.24, 2.45) is 0 Å². The lowest BCUT2D eigenvalue weighted by molar-refractivity contribution is 0.0712. The number of rotatable bonds is 11. The molecule has 0 atom stereocenters. The van der Waals surface area contributed by atoms with Crippen molar-refractivity contribution in [3.63, 3.8) is 0 Å². The van der Waals surface area contributed by atoms with Crippen molar-refractivity contribution < 1.29 is 22.8 Å². The third kappa shape index (κ3) is 8.96. The molecule has 0 bridgehead atoms. The monoisotopic (exact) mass is 324 g/mol. The molecule has 0 aromatic heterocycles. The van der Waals surface area contributed by atoms with Gasteiger partial charge in [-0.25, -0.2) is 4.79 Å². The highest BCUT2D eigenvalue weighted by Crippen LogP contribution is 2.20. The van der Waals surface area contributed by atoms with Crippen LogP contribution in [-0.4, -0.2) is 45.8 Å². The molecule has 0 aromatic carbocycles. The Hall–Kier alpha value is -0.0831. The van der Waals surface area contributed by atoms with Gasteiger partial charge in [0.15, 0.2) is 0 Å². The molecule has 0 aliphatic rings. The molecule has 0 amide bonds. The van der Waals surface area contributed by atoms with Crippen LogP contribution in [0.4, 0.5) is 4.79 Å². The molecule has 20 heavy (non-hydrogen) atoms. The van der Waals surface area contributed by atoms with Gasteiger partial charge in [-0.3, -0.25) is 0 Å². The Labute approximate surface area is 128 Å². The number of thioether (sulfide) groups is 1. The fourth-order valence-corrected chi connectivity index (χ4v) is 5.26. The second-order valence-electron chi connectivity index (χ2n) is 4.35. The number of hydrogen-bond donors (Lipinski definition) is 0. The zero-order valence-electron chi connectivity index (χ0n) is 13.3. The van der Waals surface area contributed by atoms with Crippen molar-refractivity contribution >= 4 is 25.9 Å². The maximum Gasteiger partial charge on any atom is 0.500 e. The van der Waals surface area contributed by atoms with E-state index in [9.17, 15) is 4.79 Å². The van der Waals surface area contributed by atoms with Gasteiger partial charge in [0, 0.05) is 31.6 Å². The lowest BCUT2D eigenvalue weighted by Crippen LogP contribution is -2.46. The Morgan fingerprint density at radius 1 is 1.05 bits per heavy atom. The summed E-state index contributed by atoms with van der Waals surface area (Å²) in [5, 5.41) is -0.225. The topological polar surface area (TPSA) is 54.0 Å². The van der Waals surface area contributed by atoms with Crippen LogP contribution in [0.5, 0.6) is 0 Å². The van der Waals surface area contributed by atoms with Crippen LogP contribution in [0.3, 0.4) is 0 Å². The minimum Gasteiger partial charge on any atom is -0.455 e. The van der Waals surface area contributed by atoms with E-state index >= 15 is 0 Å². The largest absolute Gasteiger partial charge is 0.500 e. The summed E-state index contributed by atoms with van der Waals surface area (Å²) in [6.07, 6.45) is 0.739. The van der Waals surface area contributed by atoms with Crippen molar-refractivity contribution in [2.45, 2.75) is 53.2 Å². The van der Waals surface area contributed by atoms with E-state index in [2.05, 4.69) is 0 Å². The van der Waals surface area contributed by atoms with Gasteiger partial charge in [0.1, 0.15) is 0 Å². The molecular formula is C13H28O5SSi. The molecule has 0 aliphatic heterocycles. The Bertz CT molecular complexity index is 246. The first kappa shape index (κ1) is 19.9. The van der Waals surface area contributed by atoms with Gasteiger partial charge < -0.3 is 18.0 Å². The second kappa shape index (κ2) is 11.6. The van der Waals surface area contributed by atoms with Crippen LogP contribution in [0.15, 0.2) is 0 Å². The molecule has 120 valence electrons. The smallest absolute Gasteiger partial charge is 0.455 e. The predicted octanol–water partition coefficient (Wildman–Crippen LogP) is 3.70. The molecule has 0 spiro atoms. The van der Waals surface area contributed by atoms with Crippen LogP contribution >= 0.6 is 11.8 Å². The van der Waals surface area contributed by atoms with Crippen LogP contribution in [0, 0.1) is 0 Å². The Balaban J connectivity index is 4.15. The van der Waals surface area contributed by atoms with E-state index < -0.39 is 8.80 Å². The maximum absolute atomic E-state index is 11.4. The highest BCUT2D eigenvalue weighted by atomic mass is 32.2. The molecular weight excluding hydrogens is 296 g/mol. The summed E-state index contributed by atoms with van der Waals surface area (Å²) in [5.41, 5.74) is 0.